The molecule has 0 bridgehead atoms. The third kappa shape index (κ3) is 3.34. The molecule has 0 radical (unpaired) electrons. The Bertz CT molecular complexity index is 708. The molecule has 6 heteroatoms. The number of hydrogen-bond donors (Lipinski definition) is 0. The van der Waals surface area contributed by atoms with Crippen LogP contribution in [0.3, 0.4) is 0 Å². The molecule has 4 atom stereocenters. The third-order valence-corrected chi connectivity index (χ3v) is 4.50. The number of ether oxygens (including phenoxy) is 4. The Morgan fingerprint density at radius 3 is 1.46 bits per heavy atom. The summed E-state index contributed by atoms with van der Waals surface area (Å²) in [5.41, 5.74) is 0.946. The molecule has 134 valence electrons. The van der Waals surface area contributed by atoms with E-state index in [0.717, 1.165) is 0 Å². The van der Waals surface area contributed by atoms with E-state index < -0.39 is 36.4 Å². The summed E-state index contributed by atoms with van der Waals surface area (Å²) in [5.74, 6) is -0.846. The van der Waals surface area contributed by atoms with E-state index in [2.05, 4.69) is 0 Å². The van der Waals surface area contributed by atoms with E-state index in [-0.39, 0.29) is 13.2 Å². The van der Waals surface area contributed by atoms with E-state index in [9.17, 15) is 9.59 Å². The lowest BCUT2D eigenvalue weighted by Gasteiger charge is -2.17. The van der Waals surface area contributed by atoms with E-state index in [1.807, 2.05) is 12.1 Å². The normalized spacial score (nSPS) is 26.9. The standard InChI is InChI=1S/C20H18O6/c21-19(13-7-3-1-4-8-13)25-15-11-23-18-16(12-24-17(15)18)26-20(22)14-9-5-2-6-10-14/h1-10,15-18H,11-12H2/t15-,16?,17+,18+/m0/s1. The molecule has 0 amide bonds. The number of carbonyl (C=O) groups is 2. The van der Waals surface area contributed by atoms with Crippen LogP contribution in [0.5, 0.6) is 0 Å². The quantitative estimate of drug-likeness (QED) is 0.784. The van der Waals surface area contributed by atoms with Crippen molar-refractivity contribution in [3.8, 4) is 0 Å². The zero-order chi connectivity index (χ0) is 17.9. The molecule has 2 fully saturated rings. The van der Waals surface area contributed by atoms with E-state index >= 15 is 0 Å². The average Bonchev–Trinajstić information content (AvgIpc) is 3.27. The molecule has 0 saturated carbocycles. The van der Waals surface area contributed by atoms with Gasteiger partial charge in [0.25, 0.3) is 0 Å². The van der Waals surface area contributed by atoms with Gasteiger partial charge in [0.05, 0.1) is 24.3 Å². The van der Waals surface area contributed by atoms with E-state index in [1.165, 1.54) is 0 Å². The Hall–Kier alpha value is -2.70. The molecule has 2 aliphatic heterocycles. The molecule has 4 rings (SSSR count). The first-order chi connectivity index (χ1) is 12.7. The van der Waals surface area contributed by atoms with Crippen molar-refractivity contribution in [3.05, 3.63) is 71.8 Å². The van der Waals surface area contributed by atoms with Crippen LogP contribution in [-0.4, -0.2) is 49.6 Å². The van der Waals surface area contributed by atoms with Crippen LogP contribution < -0.4 is 0 Å². The Morgan fingerprint density at radius 1 is 0.692 bits per heavy atom. The average molecular weight is 354 g/mol. The number of fused-ring (bicyclic) bond motifs is 1. The first-order valence-corrected chi connectivity index (χ1v) is 8.47. The molecule has 0 spiro atoms. The van der Waals surface area contributed by atoms with Gasteiger partial charge in [0.15, 0.2) is 12.2 Å². The lowest BCUT2D eigenvalue weighted by atomic mass is 10.1. The van der Waals surface area contributed by atoms with Crippen molar-refractivity contribution in [2.75, 3.05) is 13.2 Å². The van der Waals surface area contributed by atoms with E-state index in [1.54, 1.807) is 48.5 Å². The molecule has 0 aliphatic carbocycles. The highest BCUT2D eigenvalue weighted by molar-refractivity contribution is 5.90. The first kappa shape index (κ1) is 16.8. The van der Waals surface area contributed by atoms with Gasteiger partial charge in [-0.25, -0.2) is 9.59 Å². The second-order valence-corrected chi connectivity index (χ2v) is 6.22. The number of carbonyl (C=O) groups excluding carboxylic acids is 2. The fraction of sp³-hybridized carbons (Fsp3) is 0.300. The molecule has 2 aromatic rings. The van der Waals surface area contributed by atoms with Crippen LogP contribution in [0.25, 0.3) is 0 Å². The second kappa shape index (κ2) is 7.27. The van der Waals surface area contributed by atoms with Crippen molar-refractivity contribution in [1.82, 2.24) is 0 Å². The van der Waals surface area contributed by atoms with Crippen LogP contribution in [0.15, 0.2) is 60.7 Å². The van der Waals surface area contributed by atoms with Crippen LogP contribution in [0.2, 0.25) is 0 Å². The van der Waals surface area contributed by atoms with E-state index in [4.69, 9.17) is 18.9 Å². The van der Waals surface area contributed by atoms with Gasteiger partial charge < -0.3 is 18.9 Å². The SMILES string of the molecule is O=C(OC1CO[C@@H]2[C@@H](OC(=O)c3ccccc3)CO[C@H]12)c1ccccc1. The van der Waals surface area contributed by atoms with Crippen molar-refractivity contribution < 1.29 is 28.5 Å². The summed E-state index contributed by atoms with van der Waals surface area (Å²) in [4.78, 5) is 24.4. The summed E-state index contributed by atoms with van der Waals surface area (Å²) in [6.07, 6.45) is -1.91. The Kier molecular flexibility index (Phi) is 4.69. The van der Waals surface area contributed by atoms with Gasteiger partial charge in [0.2, 0.25) is 0 Å². The van der Waals surface area contributed by atoms with Gasteiger partial charge >= 0.3 is 11.9 Å². The summed E-state index contributed by atoms with van der Waals surface area (Å²) >= 11 is 0. The van der Waals surface area contributed by atoms with Gasteiger partial charge in [-0.05, 0) is 24.3 Å². The van der Waals surface area contributed by atoms with Crippen molar-refractivity contribution in [2.24, 2.45) is 0 Å². The largest absolute Gasteiger partial charge is 0.453 e. The fourth-order valence-corrected chi connectivity index (χ4v) is 3.19. The highest BCUT2D eigenvalue weighted by atomic mass is 16.7. The predicted octanol–water partition coefficient (Wildman–Crippen LogP) is 2.24. The minimum Gasteiger partial charge on any atom is -0.453 e. The number of hydrogen-bond acceptors (Lipinski definition) is 6. The molecule has 26 heavy (non-hydrogen) atoms. The first-order valence-electron chi connectivity index (χ1n) is 8.47. The minimum atomic E-state index is -0.520. The smallest absolute Gasteiger partial charge is 0.338 e. The maximum atomic E-state index is 12.2. The van der Waals surface area contributed by atoms with Gasteiger partial charge in [-0.3, -0.25) is 0 Å². The highest BCUT2D eigenvalue weighted by Gasteiger charge is 2.51. The van der Waals surface area contributed by atoms with Gasteiger partial charge in [-0.1, -0.05) is 36.4 Å². The zero-order valence-electron chi connectivity index (χ0n) is 13.9. The number of benzene rings is 2. The molecule has 6 nitrogen and oxygen atoms in total. The molecule has 2 aliphatic rings. The van der Waals surface area contributed by atoms with Crippen LogP contribution in [0, 0.1) is 0 Å². The minimum absolute atomic E-state index is 0.216. The molecule has 1 unspecified atom stereocenters. The van der Waals surface area contributed by atoms with Crippen molar-refractivity contribution in [3.63, 3.8) is 0 Å². The van der Waals surface area contributed by atoms with E-state index in [0.29, 0.717) is 11.1 Å². The Labute approximate surface area is 150 Å². The van der Waals surface area contributed by atoms with Gasteiger partial charge in [0.1, 0.15) is 12.2 Å². The molecule has 2 saturated heterocycles. The predicted molar refractivity (Wildman–Crippen MR) is 90.8 cm³/mol. The van der Waals surface area contributed by atoms with Gasteiger partial charge in [0, 0.05) is 0 Å². The topological polar surface area (TPSA) is 71.1 Å². The molecule has 2 heterocycles. The van der Waals surface area contributed by atoms with Crippen LogP contribution in [0.4, 0.5) is 0 Å². The monoisotopic (exact) mass is 354 g/mol. The molecule has 0 N–H and O–H groups in total. The van der Waals surface area contributed by atoms with Crippen LogP contribution >= 0.6 is 0 Å². The summed E-state index contributed by atoms with van der Waals surface area (Å²) in [5, 5.41) is 0. The zero-order valence-corrected chi connectivity index (χ0v) is 13.9. The van der Waals surface area contributed by atoms with Crippen LogP contribution in [-0.2, 0) is 18.9 Å². The second-order valence-electron chi connectivity index (χ2n) is 6.22. The van der Waals surface area contributed by atoms with Crippen molar-refractivity contribution in [1.29, 1.82) is 0 Å². The summed E-state index contributed by atoms with van der Waals surface area (Å²) in [7, 11) is 0. The molecule has 2 aromatic carbocycles. The summed E-state index contributed by atoms with van der Waals surface area (Å²) in [6, 6.07) is 17.5. The molecule has 0 aromatic heterocycles. The molecular formula is C20H18O6. The van der Waals surface area contributed by atoms with Crippen LogP contribution in [0.1, 0.15) is 20.7 Å². The maximum Gasteiger partial charge on any atom is 0.338 e. The number of esters is 2. The Balaban J connectivity index is 1.37. The molecular weight excluding hydrogens is 336 g/mol. The lowest BCUT2D eigenvalue weighted by molar-refractivity contribution is -0.0287. The fourth-order valence-electron chi connectivity index (χ4n) is 3.19. The Morgan fingerprint density at radius 2 is 1.08 bits per heavy atom. The van der Waals surface area contributed by atoms with Gasteiger partial charge in [-0.2, -0.15) is 0 Å². The highest BCUT2D eigenvalue weighted by Crippen LogP contribution is 2.31. The number of rotatable bonds is 4. The van der Waals surface area contributed by atoms with Crippen molar-refractivity contribution >= 4 is 11.9 Å². The third-order valence-electron chi connectivity index (χ3n) is 4.50. The summed E-state index contributed by atoms with van der Waals surface area (Å²) in [6.45, 7) is 0.431. The maximum absolute atomic E-state index is 12.2. The summed E-state index contributed by atoms with van der Waals surface area (Å²) < 4.78 is 22.4. The lowest BCUT2D eigenvalue weighted by Crippen LogP contribution is -2.36. The van der Waals surface area contributed by atoms with Crippen molar-refractivity contribution in [2.45, 2.75) is 24.4 Å². The van der Waals surface area contributed by atoms with Gasteiger partial charge in [-0.15, -0.1) is 0 Å².